The van der Waals surface area contributed by atoms with E-state index in [2.05, 4.69) is 34.6 Å². The van der Waals surface area contributed by atoms with Gasteiger partial charge in [-0.2, -0.15) is 0 Å². The fourth-order valence-corrected chi connectivity index (χ4v) is 4.80. The maximum Gasteiger partial charge on any atom is 0.310 e. The molecule has 0 heterocycles. The number of carboxylic acids is 1. The summed E-state index contributed by atoms with van der Waals surface area (Å²) in [5, 5.41) is 10.4. The second-order valence-corrected chi connectivity index (χ2v) is 9.01. The fourth-order valence-electron chi connectivity index (χ4n) is 4.80. The number of carboxylic acid groups (broad SMARTS) is 1. The molecule has 0 aliphatic heterocycles. The first-order valence-corrected chi connectivity index (χ1v) is 12.2. The van der Waals surface area contributed by atoms with Gasteiger partial charge in [0.1, 0.15) is 0 Å². The molecular weight excluding hydrogens is 332 g/mol. The lowest BCUT2D eigenvalue weighted by atomic mass is 9.62. The molecule has 162 valence electrons. The minimum absolute atomic E-state index is 0.276. The van der Waals surface area contributed by atoms with Crippen LogP contribution in [-0.2, 0) is 4.79 Å². The third kappa shape index (κ3) is 9.99. The summed E-state index contributed by atoms with van der Waals surface area (Å²) in [5.41, 5.74) is -0.523. The molecule has 0 rings (SSSR count). The summed E-state index contributed by atoms with van der Waals surface area (Å²) < 4.78 is 0. The van der Waals surface area contributed by atoms with Gasteiger partial charge in [-0.15, -0.1) is 0 Å². The molecule has 0 amide bonds. The Bertz CT molecular complexity index is 334. The zero-order valence-electron chi connectivity index (χ0n) is 19.3. The summed E-state index contributed by atoms with van der Waals surface area (Å²) in [4.78, 5) is 12.6. The molecule has 0 spiro atoms. The van der Waals surface area contributed by atoms with E-state index in [4.69, 9.17) is 0 Å². The molecule has 0 aliphatic carbocycles. The number of hydrogen-bond acceptors (Lipinski definition) is 1. The van der Waals surface area contributed by atoms with Gasteiger partial charge in [-0.1, -0.05) is 118 Å². The van der Waals surface area contributed by atoms with Crippen LogP contribution in [0.5, 0.6) is 0 Å². The van der Waals surface area contributed by atoms with Crippen LogP contribution in [0.3, 0.4) is 0 Å². The molecule has 0 saturated carbocycles. The van der Waals surface area contributed by atoms with Gasteiger partial charge in [0.15, 0.2) is 0 Å². The number of hydrogen-bond donors (Lipinski definition) is 1. The maximum absolute atomic E-state index is 12.6. The van der Waals surface area contributed by atoms with Crippen molar-refractivity contribution in [2.45, 2.75) is 137 Å². The van der Waals surface area contributed by atoms with Crippen LogP contribution in [0.4, 0.5) is 0 Å². The number of rotatable bonds is 19. The van der Waals surface area contributed by atoms with E-state index in [1.54, 1.807) is 0 Å². The average molecular weight is 383 g/mol. The molecule has 0 aromatic carbocycles. The molecule has 0 radical (unpaired) electrons. The molecule has 0 aliphatic rings. The van der Waals surface area contributed by atoms with Crippen LogP contribution >= 0.6 is 0 Å². The lowest BCUT2D eigenvalue weighted by molar-refractivity contribution is -0.158. The van der Waals surface area contributed by atoms with E-state index in [9.17, 15) is 9.90 Å². The van der Waals surface area contributed by atoms with Crippen molar-refractivity contribution in [1.82, 2.24) is 0 Å². The van der Waals surface area contributed by atoms with Crippen molar-refractivity contribution in [3.05, 3.63) is 0 Å². The molecule has 0 aromatic rings. The third-order valence-corrected chi connectivity index (χ3v) is 6.83. The van der Waals surface area contributed by atoms with E-state index in [-0.39, 0.29) is 11.8 Å². The number of aliphatic carboxylic acids is 1. The Morgan fingerprint density at radius 2 is 1.04 bits per heavy atom. The second kappa shape index (κ2) is 16.4. The van der Waals surface area contributed by atoms with Crippen molar-refractivity contribution < 1.29 is 9.90 Å². The maximum atomic E-state index is 12.6. The van der Waals surface area contributed by atoms with E-state index in [1.807, 2.05) is 0 Å². The Morgan fingerprint density at radius 3 is 1.44 bits per heavy atom. The highest BCUT2D eigenvalue weighted by atomic mass is 16.4. The zero-order chi connectivity index (χ0) is 20.5. The standard InChI is InChI=1S/C25H50O2/c1-6-9-12-13-14-15-18-21-25(24(26)27,22(4)19-16-10-7-2)23(5)20-17-11-8-3/h22-23H,6-21H2,1-5H3,(H,26,27). The fraction of sp³-hybridized carbons (Fsp3) is 0.960. The van der Waals surface area contributed by atoms with Crippen molar-refractivity contribution in [1.29, 1.82) is 0 Å². The van der Waals surface area contributed by atoms with E-state index >= 15 is 0 Å². The van der Waals surface area contributed by atoms with Crippen LogP contribution < -0.4 is 0 Å². The van der Waals surface area contributed by atoms with E-state index in [0.717, 1.165) is 25.7 Å². The molecule has 0 saturated heterocycles. The SMILES string of the molecule is CCCCCCCCCC(C(=O)O)(C(C)CCCCC)C(C)CCCCC. The van der Waals surface area contributed by atoms with E-state index in [1.165, 1.54) is 77.0 Å². The largest absolute Gasteiger partial charge is 0.481 e. The molecule has 2 atom stereocenters. The first-order valence-electron chi connectivity index (χ1n) is 12.2. The van der Waals surface area contributed by atoms with Crippen molar-refractivity contribution in [2.75, 3.05) is 0 Å². The van der Waals surface area contributed by atoms with Gasteiger partial charge in [-0.05, 0) is 31.1 Å². The predicted molar refractivity (Wildman–Crippen MR) is 119 cm³/mol. The van der Waals surface area contributed by atoms with Crippen LogP contribution in [0.1, 0.15) is 137 Å². The lowest BCUT2D eigenvalue weighted by Gasteiger charge is -2.41. The third-order valence-electron chi connectivity index (χ3n) is 6.83. The van der Waals surface area contributed by atoms with Crippen LogP contribution in [0.2, 0.25) is 0 Å². The Balaban J connectivity index is 4.92. The average Bonchev–Trinajstić information content (AvgIpc) is 2.64. The highest BCUT2D eigenvalue weighted by molar-refractivity contribution is 5.75. The number of carbonyl (C=O) groups is 1. The molecule has 0 fully saturated rings. The van der Waals surface area contributed by atoms with Gasteiger partial charge < -0.3 is 5.11 Å². The van der Waals surface area contributed by atoms with Gasteiger partial charge in [0.25, 0.3) is 0 Å². The van der Waals surface area contributed by atoms with Crippen LogP contribution in [0.25, 0.3) is 0 Å². The van der Waals surface area contributed by atoms with Gasteiger partial charge in [-0.25, -0.2) is 0 Å². The molecular formula is C25H50O2. The van der Waals surface area contributed by atoms with Crippen molar-refractivity contribution >= 4 is 5.97 Å². The summed E-state index contributed by atoms with van der Waals surface area (Å²) in [6.07, 6.45) is 19.0. The Labute approximate surface area is 170 Å². The molecule has 0 aromatic heterocycles. The summed E-state index contributed by atoms with van der Waals surface area (Å²) in [6, 6.07) is 0. The monoisotopic (exact) mass is 382 g/mol. The van der Waals surface area contributed by atoms with Gasteiger partial charge in [0.05, 0.1) is 5.41 Å². The Kier molecular flexibility index (Phi) is 16.1. The van der Waals surface area contributed by atoms with Crippen molar-refractivity contribution in [2.24, 2.45) is 17.3 Å². The normalized spacial score (nSPS) is 16.0. The molecule has 1 N–H and O–H groups in total. The van der Waals surface area contributed by atoms with Crippen LogP contribution in [-0.4, -0.2) is 11.1 Å². The Hall–Kier alpha value is -0.530. The first kappa shape index (κ1) is 26.5. The highest BCUT2D eigenvalue weighted by Crippen LogP contribution is 2.45. The van der Waals surface area contributed by atoms with Crippen molar-refractivity contribution in [3.8, 4) is 0 Å². The van der Waals surface area contributed by atoms with Gasteiger partial charge in [0, 0.05) is 0 Å². The molecule has 2 unspecified atom stereocenters. The molecule has 2 heteroatoms. The van der Waals surface area contributed by atoms with Gasteiger partial charge in [0.2, 0.25) is 0 Å². The number of unbranched alkanes of at least 4 members (excludes halogenated alkanes) is 10. The topological polar surface area (TPSA) is 37.3 Å². The predicted octanol–water partition coefficient (Wildman–Crippen LogP) is 8.63. The second-order valence-electron chi connectivity index (χ2n) is 9.01. The van der Waals surface area contributed by atoms with E-state index in [0.29, 0.717) is 0 Å². The highest BCUT2D eigenvalue weighted by Gasteiger charge is 2.46. The van der Waals surface area contributed by atoms with Gasteiger partial charge >= 0.3 is 5.97 Å². The van der Waals surface area contributed by atoms with E-state index < -0.39 is 11.4 Å². The summed E-state index contributed by atoms with van der Waals surface area (Å²) in [7, 11) is 0. The van der Waals surface area contributed by atoms with Crippen LogP contribution in [0.15, 0.2) is 0 Å². The quantitative estimate of drug-likeness (QED) is 0.227. The molecule has 2 nitrogen and oxygen atoms in total. The zero-order valence-corrected chi connectivity index (χ0v) is 19.3. The lowest BCUT2D eigenvalue weighted by Crippen LogP contribution is -2.43. The van der Waals surface area contributed by atoms with Crippen LogP contribution in [0, 0.1) is 17.3 Å². The minimum Gasteiger partial charge on any atom is -0.481 e. The molecule has 27 heavy (non-hydrogen) atoms. The molecule has 0 bridgehead atoms. The first-order chi connectivity index (χ1) is 13.0. The summed E-state index contributed by atoms with van der Waals surface area (Å²) >= 11 is 0. The van der Waals surface area contributed by atoms with Gasteiger partial charge in [-0.3, -0.25) is 4.79 Å². The summed E-state index contributed by atoms with van der Waals surface area (Å²) in [6.45, 7) is 11.1. The smallest absolute Gasteiger partial charge is 0.310 e. The Morgan fingerprint density at radius 1 is 0.667 bits per heavy atom. The minimum atomic E-state index is -0.526. The van der Waals surface area contributed by atoms with Crippen molar-refractivity contribution in [3.63, 3.8) is 0 Å². The summed E-state index contributed by atoms with van der Waals surface area (Å²) in [5.74, 6) is 0.0259.